The van der Waals surface area contributed by atoms with Crippen LogP contribution in [0.1, 0.15) is 39.5 Å². The maximum atomic E-state index is 14.6. The predicted molar refractivity (Wildman–Crippen MR) is 172 cm³/mol. The first-order valence-electron chi connectivity index (χ1n) is 15.8. The molecule has 6 rings (SSSR count). The average Bonchev–Trinajstić information content (AvgIpc) is 3.29. The maximum absolute atomic E-state index is 14.6. The lowest BCUT2D eigenvalue weighted by Gasteiger charge is -2.37. The number of aliphatic hydroxyl groups excluding tert-OH is 1. The molecule has 45 heavy (non-hydrogen) atoms. The molecule has 4 heterocycles. The Hall–Kier alpha value is -3.66. The molecule has 1 N–H and O–H groups in total. The van der Waals surface area contributed by atoms with Gasteiger partial charge in [0.15, 0.2) is 0 Å². The van der Waals surface area contributed by atoms with Crippen molar-refractivity contribution in [3.8, 4) is 5.75 Å². The van der Waals surface area contributed by atoms with Gasteiger partial charge in [0, 0.05) is 31.9 Å². The van der Waals surface area contributed by atoms with Gasteiger partial charge < -0.3 is 29.3 Å². The van der Waals surface area contributed by atoms with Gasteiger partial charge in [-0.15, -0.1) is 0 Å². The van der Waals surface area contributed by atoms with Gasteiger partial charge in [-0.25, -0.2) is 0 Å². The number of unbranched alkanes of at least 4 members (excludes halogenated alkanes) is 3. The van der Waals surface area contributed by atoms with E-state index in [1.165, 1.54) is 0 Å². The number of fused-ring (bicyclic) bond motifs is 2. The summed E-state index contributed by atoms with van der Waals surface area (Å²) in [4.78, 5) is 48.8. The third-order valence-corrected chi connectivity index (χ3v) is 9.79. The van der Waals surface area contributed by atoms with Crippen LogP contribution >= 0.6 is 11.6 Å². The molecule has 5 atom stereocenters. The summed E-state index contributed by atoms with van der Waals surface area (Å²) in [6.45, 7) is 5.32. The highest BCUT2D eigenvalue weighted by atomic mass is 35.5. The van der Waals surface area contributed by atoms with Crippen molar-refractivity contribution >= 4 is 40.7 Å². The number of benzene rings is 2. The Morgan fingerprint density at radius 3 is 2.33 bits per heavy atom. The summed E-state index contributed by atoms with van der Waals surface area (Å²) in [6.07, 6.45) is 10.4. The van der Waals surface area contributed by atoms with E-state index in [9.17, 15) is 19.5 Å². The van der Waals surface area contributed by atoms with Gasteiger partial charge in [0.2, 0.25) is 11.8 Å². The number of hydrogen-bond donors (Lipinski definition) is 1. The minimum atomic E-state index is -1.35. The van der Waals surface area contributed by atoms with Crippen molar-refractivity contribution in [2.75, 3.05) is 42.6 Å². The highest BCUT2D eigenvalue weighted by Gasteiger charge is 2.74. The monoisotopic (exact) mass is 633 g/mol. The van der Waals surface area contributed by atoms with Crippen LogP contribution < -0.4 is 14.5 Å². The number of rotatable bonds is 10. The van der Waals surface area contributed by atoms with E-state index in [0.717, 1.165) is 12.8 Å². The van der Waals surface area contributed by atoms with Crippen LogP contribution in [-0.4, -0.2) is 77.8 Å². The standard InChI is InChI=1S/C35H40ClN3O6/c1-3-44-25-16-14-24(15-17-25)37-21-10-18-34(2)28(31(37)41)29-32(42)39(20-8-4-5-9-23-40)30-33(43)38(22-11-19-35(29,30)45-34)27-13-7-6-12-26(27)36/h6-7,10-19,28-30,40H,3-5,8-9,20-23H2,1-2H3/t28-,29-,30?,34+,35-/m0/s1. The molecule has 4 aliphatic rings. The zero-order valence-electron chi connectivity index (χ0n) is 25.7. The fourth-order valence-corrected chi connectivity index (χ4v) is 7.75. The van der Waals surface area contributed by atoms with Gasteiger partial charge in [0.05, 0.1) is 34.8 Å². The van der Waals surface area contributed by atoms with Gasteiger partial charge in [-0.3, -0.25) is 14.4 Å². The number of carbonyl (C=O) groups is 3. The number of ether oxygens (including phenoxy) is 2. The molecule has 238 valence electrons. The van der Waals surface area contributed by atoms with Crippen molar-refractivity contribution in [1.82, 2.24) is 4.90 Å². The Balaban J connectivity index is 1.40. The number of para-hydroxylation sites is 1. The van der Waals surface area contributed by atoms with Gasteiger partial charge >= 0.3 is 0 Å². The van der Waals surface area contributed by atoms with Crippen LogP contribution in [0.4, 0.5) is 11.4 Å². The number of nitrogens with zero attached hydrogens (tertiary/aromatic N) is 3. The lowest BCUT2D eigenvalue weighted by Crippen LogP contribution is -2.56. The van der Waals surface area contributed by atoms with Crippen LogP contribution in [0.3, 0.4) is 0 Å². The molecule has 0 bridgehead atoms. The van der Waals surface area contributed by atoms with Crippen molar-refractivity contribution in [2.24, 2.45) is 11.8 Å². The Kier molecular flexibility index (Phi) is 8.78. The molecule has 2 aromatic carbocycles. The lowest BCUT2D eigenvalue weighted by molar-refractivity contribution is -0.144. The zero-order valence-corrected chi connectivity index (χ0v) is 26.5. The Labute approximate surface area is 269 Å². The van der Waals surface area contributed by atoms with Crippen LogP contribution in [0, 0.1) is 11.8 Å². The molecule has 4 aliphatic heterocycles. The van der Waals surface area contributed by atoms with E-state index >= 15 is 0 Å². The number of likely N-dealkylation sites (tertiary alicyclic amines) is 1. The third-order valence-electron chi connectivity index (χ3n) is 9.47. The van der Waals surface area contributed by atoms with Gasteiger partial charge in [0.25, 0.3) is 5.91 Å². The van der Waals surface area contributed by atoms with E-state index in [4.69, 9.17) is 21.1 Å². The average molecular weight is 634 g/mol. The first kappa shape index (κ1) is 31.3. The molecule has 0 aliphatic carbocycles. The SMILES string of the molecule is CCOc1ccc(N2CC=C[C@@]3(C)O[C@]45C=CCN(c6ccccc6Cl)C(=O)C4N(CCCCCCO)C(=O)[C@@H]5[C@H]3C2=O)cc1. The molecule has 2 aromatic rings. The van der Waals surface area contributed by atoms with Crippen molar-refractivity contribution < 1.29 is 29.0 Å². The first-order chi connectivity index (χ1) is 21.8. The molecule has 1 unspecified atom stereocenters. The zero-order chi connectivity index (χ0) is 31.8. The fraction of sp³-hybridized carbons (Fsp3) is 0.457. The fourth-order valence-electron chi connectivity index (χ4n) is 7.52. The van der Waals surface area contributed by atoms with Crippen molar-refractivity contribution in [3.63, 3.8) is 0 Å². The summed E-state index contributed by atoms with van der Waals surface area (Å²) < 4.78 is 12.5. The van der Waals surface area contributed by atoms with E-state index in [1.54, 1.807) is 26.8 Å². The van der Waals surface area contributed by atoms with Crippen LogP contribution in [0.15, 0.2) is 72.8 Å². The first-order valence-corrected chi connectivity index (χ1v) is 16.2. The Morgan fingerprint density at radius 1 is 0.889 bits per heavy atom. The van der Waals surface area contributed by atoms with Crippen LogP contribution in [0.25, 0.3) is 0 Å². The molecule has 2 saturated heterocycles. The predicted octanol–water partition coefficient (Wildman–Crippen LogP) is 4.77. The minimum absolute atomic E-state index is 0.112. The van der Waals surface area contributed by atoms with Gasteiger partial charge in [0.1, 0.15) is 17.4 Å². The quantitative estimate of drug-likeness (QED) is 0.299. The van der Waals surface area contributed by atoms with Crippen molar-refractivity contribution in [3.05, 3.63) is 77.9 Å². The molecule has 0 saturated carbocycles. The molecule has 0 radical (unpaired) electrons. The maximum Gasteiger partial charge on any atom is 0.253 e. The molecule has 2 fully saturated rings. The molecule has 9 nitrogen and oxygen atoms in total. The van der Waals surface area contributed by atoms with E-state index in [1.807, 2.05) is 74.5 Å². The molecule has 1 spiro atoms. The number of carbonyl (C=O) groups excluding carboxylic acids is 3. The van der Waals surface area contributed by atoms with E-state index in [0.29, 0.717) is 54.7 Å². The van der Waals surface area contributed by atoms with E-state index in [-0.39, 0.29) is 30.9 Å². The molecular formula is C35H40ClN3O6. The van der Waals surface area contributed by atoms with Gasteiger partial charge in [-0.1, -0.05) is 60.9 Å². The van der Waals surface area contributed by atoms with Crippen molar-refractivity contribution in [1.29, 1.82) is 0 Å². The van der Waals surface area contributed by atoms with Crippen LogP contribution in [0.5, 0.6) is 5.75 Å². The highest BCUT2D eigenvalue weighted by Crippen LogP contribution is 2.58. The van der Waals surface area contributed by atoms with Crippen molar-refractivity contribution in [2.45, 2.75) is 56.8 Å². The summed E-state index contributed by atoms with van der Waals surface area (Å²) in [6, 6.07) is 13.5. The topological polar surface area (TPSA) is 99.6 Å². The largest absolute Gasteiger partial charge is 0.494 e. The number of halogens is 1. The summed E-state index contributed by atoms with van der Waals surface area (Å²) in [7, 11) is 0. The second-order valence-corrected chi connectivity index (χ2v) is 12.7. The number of hydrogen-bond acceptors (Lipinski definition) is 6. The van der Waals surface area contributed by atoms with E-state index in [2.05, 4.69) is 0 Å². The molecule has 0 aromatic heterocycles. The number of anilines is 2. The van der Waals surface area contributed by atoms with E-state index < -0.39 is 29.1 Å². The number of aliphatic hydroxyl groups is 1. The highest BCUT2D eigenvalue weighted by molar-refractivity contribution is 6.34. The van der Waals surface area contributed by atoms with Crippen LogP contribution in [-0.2, 0) is 19.1 Å². The second kappa shape index (κ2) is 12.6. The normalized spacial score (nSPS) is 29.0. The molecule has 3 amide bonds. The van der Waals surface area contributed by atoms with Gasteiger partial charge in [-0.2, -0.15) is 0 Å². The molecule has 10 heteroatoms. The Bertz CT molecular complexity index is 1510. The second-order valence-electron chi connectivity index (χ2n) is 12.2. The lowest BCUT2D eigenvalue weighted by atomic mass is 9.74. The Morgan fingerprint density at radius 2 is 1.60 bits per heavy atom. The summed E-state index contributed by atoms with van der Waals surface area (Å²) in [5.74, 6) is -1.83. The smallest absolute Gasteiger partial charge is 0.253 e. The number of amides is 3. The van der Waals surface area contributed by atoms with Gasteiger partial charge in [-0.05, 0) is 63.1 Å². The minimum Gasteiger partial charge on any atom is -0.494 e. The third kappa shape index (κ3) is 5.34. The summed E-state index contributed by atoms with van der Waals surface area (Å²) >= 11 is 6.57. The molecular weight excluding hydrogens is 594 g/mol. The summed E-state index contributed by atoms with van der Waals surface area (Å²) in [5.41, 5.74) is -1.22. The summed E-state index contributed by atoms with van der Waals surface area (Å²) in [5, 5.41) is 9.66. The van der Waals surface area contributed by atoms with Crippen LogP contribution in [0.2, 0.25) is 5.02 Å².